The molecule has 0 amide bonds. The van der Waals surface area contributed by atoms with Gasteiger partial charge in [-0.25, -0.2) is 0 Å². The minimum atomic E-state index is -0.669. The largest absolute Gasteiger partial charge is 0.358 e. The van der Waals surface area contributed by atoms with Crippen molar-refractivity contribution >= 4 is 11.5 Å². The van der Waals surface area contributed by atoms with Crippen LogP contribution in [-0.4, -0.2) is 29.7 Å². The van der Waals surface area contributed by atoms with Gasteiger partial charge >= 0.3 is 0 Å². The summed E-state index contributed by atoms with van der Waals surface area (Å²) in [5, 5.41) is 4.17. The van der Waals surface area contributed by atoms with Crippen LogP contribution in [0.4, 0.5) is 0 Å². The van der Waals surface area contributed by atoms with E-state index in [1.165, 1.54) is 0 Å². The minimum absolute atomic E-state index is 0.00820. The second kappa shape index (κ2) is 3.92. The van der Waals surface area contributed by atoms with Crippen molar-refractivity contribution in [1.29, 1.82) is 0 Å². The molecule has 1 saturated heterocycles. The summed E-state index contributed by atoms with van der Waals surface area (Å²) in [6.07, 6.45) is -0.00952. The molecule has 4 heteroatoms. The Labute approximate surface area is 106 Å². The molecule has 2 aliphatic heterocycles. The first kappa shape index (κ1) is 11.4. The van der Waals surface area contributed by atoms with E-state index in [-0.39, 0.29) is 17.8 Å². The van der Waals surface area contributed by atoms with Gasteiger partial charge in [-0.15, -0.1) is 0 Å². The summed E-state index contributed by atoms with van der Waals surface area (Å²) in [6.45, 7) is 4.43. The number of nitrogens with zero attached hydrogens (tertiary/aromatic N) is 1. The lowest BCUT2D eigenvalue weighted by Crippen LogP contribution is -2.33. The van der Waals surface area contributed by atoms with E-state index >= 15 is 0 Å². The number of carbonyl (C=O) groups is 1. The lowest BCUT2D eigenvalue weighted by Gasteiger charge is -2.13. The Balaban J connectivity index is 1.86. The van der Waals surface area contributed by atoms with Crippen molar-refractivity contribution in [1.82, 2.24) is 5.43 Å². The predicted octanol–water partition coefficient (Wildman–Crippen LogP) is 1.48. The summed E-state index contributed by atoms with van der Waals surface area (Å²) < 4.78 is 5.40. The van der Waals surface area contributed by atoms with Crippen molar-refractivity contribution < 1.29 is 9.53 Å². The second-order valence-corrected chi connectivity index (χ2v) is 5.02. The van der Waals surface area contributed by atoms with Crippen molar-refractivity contribution in [2.75, 3.05) is 6.54 Å². The third-order valence-corrected chi connectivity index (χ3v) is 3.85. The van der Waals surface area contributed by atoms with E-state index in [0.29, 0.717) is 12.3 Å². The van der Waals surface area contributed by atoms with Gasteiger partial charge in [0.25, 0.3) is 0 Å². The van der Waals surface area contributed by atoms with Gasteiger partial charge in [0.15, 0.2) is 5.60 Å². The molecule has 2 heterocycles. The number of ether oxygens (including phenoxy) is 1. The molecule has 0 aliphatic carbocycles. The highest BCUT2D eigenvalue weighted by Crippen LogP contribution is 2.38. The van der Waals surface area contributed by atoms with E-state index < -0.39 is 5.60 Å². The van der Waals surface area contributed by atoms with Gasteiger partial charge in [-0.2, -0.15) is 5.10 Å². The van der Waals surface area contributed by atoms with Gasteiger partial charge in [0.1, 0.15) is 5.71 Å². The molecular weight excluding hydrogens is 228 g/mol. The summed E-state index contributed by atoms with van der Waals surface area (Å²) >= 11 is 0. The highest BCUT2D eigenvalue weighted by molar-refractivity contribution is 6.45. The van der Waals surface area contributed by atoms with E-state index in [4.69, 9.17) is 4.74 Å². The molecule has 3 atom stereocenters. The van der Waals surface area contributed by atoms with Crippen LogP contribution in [0.1, 0.15) is 25.3 Å². The summed E-state index contributed by atoms with van der Waals surface area (Å²) in [5.41, 5.74) is 3.97. The Kier molecular flexibility index (Phi) is 2.48. The minimum Gasteiger partial charge on any atom is -0.358 e. The number of rotatable bonds is 3. The van der Waals surface area contributed by atoms with Crippen LogP contribution in [0.3, 0.4) is 0 Å². The SMILES string of the molecule is C[C@H]1O[C@@]1(C)C(=O)C1=NNC[C@@H]1c1ccccc1. The fraction of sp³-hybridized carbons (Fsp3) is 0.429. The van der Waals surface area contributed by atoms with Crippen LogP contribution in [0, 0.1) is 0 Å². The van der Waals surface area contributed by atoms with Gasteiger partial charge in [-0.05, 0) is 19.4 Å². The fourth-order valence-corrected chi connectivity index (χ4v) is 2.39. The molecule has 4 nitrogen and oxygen atoms in total. The van der Waals surface area contributed by atoms with E-state index in [0.717, 1.165) is 5.56 Å². The molecule has 1 fully saturated rings. The second-order valence-electron chi connectivity index (χ2n) is 5.02. The highest BCUT2D eigenvalue weighted by atomic mass is 16.6. The van der Waals surface area contributed by atoms with Crippen molar-refractivity contribution in [2.24, 2.45) is 5.10 Å². The third-order valence-electron chi connectivity index (χ3n) is 3.85. The number of benzene rings is 1. The standard InChI is InChI=1S/C14H16N2O2/c1-9-14(2,18-9)13(17)12-11(8-15-16-12)10-6-4-3-5-7-10/h3-7,9,11,15H,8H2,1-2H3/t9-,11-,14-/m1/s1. The van der Waals surface area contributed by atoms with E-state index in [2.05, 4.69) is 10.5 Å². The third kappa shape index (κ3) is 1.64. The number of hydrogen-bond acceptors (Lipinski definition) is 4. The van der Waals surface area contributed by atoms with Crippen LogP contribution >= 0.6 is 0 Å². The number of hydrogen-bond donors (Lipinski definition) is 1. The average molecular weight is 244 g/mol. The molecule has 1 N–H and O–H groups in total. The van der Waals surface area contributed by atoms with E-state index in [1.54, 1.807) is 0 Å². The van der Waals surface area contributed by atoms with Crippen LogP contribution in [0.5, 0.6) is 0 Å². The molecule has 1 aromatic rings. The molecule has 94 valence electrons. The maximum Gasteiger partial charge on any atom is 0.213 e. The summed E-state index contributed by atoms with van der Waals surface area (Å²) in [6, 6.07) is 9.99. The van der Waals surface area contributed by atoms with Crippen LogP contribution in [-0.2, 0) is 9.53 Å². The number of ketones is 1. The topological polar surface area (TPSA) is 54.0 Å². The zero-order valence-electron chi connectivity index (χ0n) is 10.5. The summed E-state index contributed by atoms with van der Waals surface area (Å²) in [7, 11) is 0. The Morgan fingerprint density at radius 2 is 2.11 bits per heavy atom. The zero-order valence-corrected chi connectivity index (χ0v) is 10.5. The van der Waals surface area contributed by atoms with Gasteiger partial charge in [-0.3, -0.25) is 4.79 Å². The first-order valence-electron chi connectivity index (χ1n) is 6.21. The van der Waals surface area contributed by atoms with Crippen molar-refractivity contribution in [3.8, 4) is 0 Å². The molecule has 18 heavy (non-hydrogen) atoms. The monoisotopic (exact) mass is 244 g/mol. The molecule has 0 saturated carbocycles. The lowest BCUT2D eigenvalue weighted by atomic mass is 9.87. The molecule has 3 rings (SSSR count). The molecule has 0 bridgehead atoms. The van der Waals surface area contributed by atoms with Crippen LogP contribution in [0.2, 0.25) is 0 Å². The number of nitrogens with one attached hydrogen (secondary N) is 1. The smallest absolute Gasteiger partial charge is 0.213 e. The van der Waals surface area contributed by atoms with Gasteiger partial charge < -0.3 is 10.2 Å². The Hall–Kier alpha value is -1.68. The van der Waals surface area contributed by atoms with Crippen LogP contribution < -0.4 is 5.43 Å². The fourth-order valence-electron chi connectivity index (χ4n) is 2.39. The zero-order chi connectivity index (χ0) is 12.8. The van der Waals surface area contributed by atoms with Crippen molar-refractivity contribution in [2.45, 2.75) is 31.5 Å². The maximum absolute atomic E-state index is 12.4. The lowest BCUT2D eigenvalue weighted by molar-refractivity contribution is -0.117. The van der Waals surface area contributed by atoms with Gasteiger partial charge in [-0.1, -0.05) is 30.3 Å². The molecule has 1 aromatic carbocycles. The van der Waals surface area contributed by atoms with Crippen molar-refractivity contribution in [3.05, 3.63) is 35.9 Å². The number of epoxide rings is 1. The first-order chi connectivity index (χ1) is 8.63. The van der Waals surface area contributed by atoms with Gasteiger partial charge in [0.05, 0.1) is 12.0 Å². The van der Waals surface area contributed by atoms with Gasteiger partial charge in [0, 0.05) is 6.54 Å². The van der Waals surface area contributed by atoms with Gasteiger partial charge in [0.2, 0.25) is 5.78 Å². The van der Waals surface area contributed by atoms with E-state index in [9.17, 15) is 4.79 Å². The maximum atomic E-state index is 12.4. The number of hydrazone groups is 1. The van der Waals surface area contributed by atoms with Crippen LogP contribution in [0.15, 0.2) is 35.4 Å². The Bertz CT molecular complexity index is 512. The predicted molar refractivity (Wildman–Crippen MR) is 68.6 cm³/mol. The molecule has 0 unspecified atom stereocenters. The summed E-state index contributed by atoms with van der Waals surface area (Å²) in [5.74, 6) is 0.0424. The normalized spacial score (nSPS) is 33.8. The van der Waals surface area contributed by atoms with Crippen LogP contribution in [0.25, 0.3) is 0 Å². The molecule has 0 radical (unpaired) electrons. The highest BCUT2D eigenvalue weighted by Gasteiger charge is 2.57. The quantitative estimate of drug-likeness (QED) is 0.819. The Morgan fingerprint density at radius 1 is 1.44 bits per heavy atom. The molecule has 0 spiro atoms. The Morgan fingerprint density at radius 3 is 2.72 bits per heavy atom. The molecular formula is C14H16N2O2. The number of Topliss-reactive ketones (excluding diaryl/α,β-unsaturated/α-hetero) is 1. The van der Waals surface area contributed by atoms with Crippen molar-refractivity contribution in [3.63, 3.8) is 0 Å². The average Bonchev–Trinajstić information content (AvgIpc) is 2.83. The first-order valence-corrected chi connectivity index (χ1v) is 6.21. The molecule has 0 aromatic heterocycles. The number of carbonyl (C=O) groups excluding carboxylic acids is 1. The summed E-state index contributed by atoms with van der Waals surface area (Å²) in [4.78, 5) is 12.4. The van der Waals surface area contributed by atoms with E-state index in [1.807, 2.05) is 44.2 Å². The molecule has 2 aliphatic rings.